The van der Waals surface area contributed by atoms with Crippen molar-refractivity contribution in [3.8, 4) is 11.8 Å². The quantitative estimate of drug-likeness (QED) is 0.588. The molecule has 7 heteroatoms. The van der Waals surface area contributed by atoms with E-state index in [1.807, 2.05) is 36.4 Å². The van der Waals surface area contributed by atoms with Crippen LogP contribution in [0.25, 0.3) is 16.9 Å². The molecule has 4 aromatic rings. The molecular weight excluding hydrogens is 338 g/mol. The summed E-state index contributed by atoms with van der Waals surface area (Å²) >= 11 is 0. The molecule has 4 rings (SSSR count). The van der Waals surface area contributed by atoms with Gasteiger partial charge >= 0.3 is 0 Å². The van der Waals surface area contributed by atoms with Crippen LogP contribution in [0.4, 0.5) is 11.6 Å². The zero-order chi connectivity index (χ0) is 18.6. The Kier molecular flexibility index (Phi) is 4.45. The molecule has 0 unspecified atom stereocenters. The number of rotatable bonds is 5. The molecule has 2 aromatic heterocycles. The number of hydrogen-bond donors (Lipinski definition) is 1. The topological polar surface area (TPSA) is 92.3 Å². The molecule has 0 aliphatic rings. The standard InChI is InChI=1S/C20H17N7/c1-2-14-6-8-16(9-7-14)23-20-22-13-18-19(24-20)27(26-25-18)17-5-3-4-15(12-17)10-11-21/h3-9,12-13H,2,10H2,1H3,(H,22,23,24). The van der Waals surface area contributed by atoms with Gasteiger partial charge in [-0.3, -0.25) is 0 Å². The molecule has 0 fully saturated rings. The highest BCUT2D eigenvalue weighted by molar-refractivity contribution is 5.72. The van der Waals surface area contributed by atoms with E-state index in [0.29, 0.717) is 23.5 Å². The van der Waals surface area contributed by atoms with Crippen LogP contribution in [0.3, 0.4) is 0 Å². The fourth-order valence-electron chi connectivity index (χ4n) is 2.80. The fourth-order valence-corrected chi connectivity index (χ4v) is 2.80. The molecule has 2 aromatic carbocycles. The van der Waals surface area contributed by atoms with Crippen LogP contribution >= 0.6 is 0 Å². The maximum atomic E-state index is 8.91. The smallest absolute Gasteiger partial charge is 0.229 e. The van der Waals surface area contributed by atoms with Crippen LogP contribution < -0.4 is 5.32 Å². The molecule has 0 saturated heterocycles. The van der Waals surface area contributed by atoms with Crippen LogP contribution in [-0.2, 0) is 12.8 Å². The summed E-state index contributed by atoms with van der Waals surface area (Å²) in [6.07, 6.45) is 2.99. The molecule has 0 bridgehead atoms. The average molecular weight is 355 g/mol. The first-order valence-electron chi connectivity index (χ1n) is 8.67. The SMILES string of the molecule is CCc1ccc(Nc2ncc3nnn(-c4cccc(CC#N)c4)c3n2)cc1. The minimum absolute atomic E-state index is 0.343. The number of hydrogen-bond acceptors (Lipinski definition) is 6. The molecule has 0 spiro atoms. The summed E-state index contributed by atoms with van der Waals surface area (Å²) in [6.45, 7) is 2.12. The van der Waals surface area contributed by atoms with E-state index in [9.17, 15) is 0 Å². The number of nitrogens with zero attached hydrogens (tertiary/aromatic N) is 6. The van der Waals surface area contributed by atoms with E-state index in [0.717, 1.165) is 23.4 Å². The van der Waals surface area contributed by atoms with Gasteiger partial charge in [0.05, 0.1) is 24.4 Å². The van der Waals surface area contributed by atoms with E-state index in [1.165, 1.54) is 5.56 Å². The van der Waals surface area contributed by atoms with Crippen molar-refractivity contribution in [3.63, 3.8) is 0 Å². The van der Waals surface area contributed by atoms with Crippen LogP contribution in [0.5, 0.6) is 0 Å². The van der Waals surface area contributed by atoms with Gasteiger partial charge in [0.1, 0.15) is 0 Å². The molecule has 132 valence electrons. The van der Waals surface area contributed by atoms with Crippen LogP contribution in [0.1, 0.15) is 18.1 Å². The molecule has 0 amide bonds. The first kappa shape index (κ1) is 16.7. The van der Waals surface area contributed by atoms with Gasteiger partial charge in [-0.15, -0.1) is 5.10 Å². The molecule has 0 radical (unpaired) electrons. The van der Waals surface area contributed by atoms with Crippen LogP contribution in [0, 0.1) is 11.3 Å². The maximum Gasteiger partial charge on any atom is 0.229 e. The summed E-state index contributed by atoms with van der Waals surface area (Å²) < 4.78 is 1.66. The first-order valence-corrected chi connectivity index (χ1v) is 8.67. The van der Waals surface area contributed by atoms with Crippen LogP contribution in [0.15, 0.2) is 54.7 Å². The number of nitriles is 1. The molecule has 2 heterocycles. The first-order chi connectivity index (χ1) is 13.3. The normalized spacial score (nSPS) is 10.7. The molecule has 0 aliphatic heterocycles. The van der Waals surface area contributed by atoms with Gasteiger partial charge in [-0.25, -0.2) is 4.98 Å². The third-order valence-electron chi connectivity index (χ3n) is 4.25. The average Bonchev–Trinajstić information content (AvgIpc) is 3.12. The third kappa shape index (κ3) is 3.46. The lowest BCUT2D eigenvalue weighted by Crippen LogP contribution is -2.02. The van der Waals surface area contributed by atoms with Crippen molar-refractivity contribution in [2.45, 2.75) is 19.8 Å². The summed E-state index contributed by atoms with van der Waals surface area (Å²) in [6, 6.07) is 18.0. The van der Waals surface area contributed by atoms with Crippen molar-refractivity contribution in [1.82, 2.24) is 25.0 Å². The monoisotopic (exact) mass is 355 g/mol. The number of anilines is 2. The van der Waals surface area contributed by atoms with Crippen LogP contribution in [-0.4, -0.2) is 25.0 Å². The zero-order valence-corrected chi connectivity index (χ0v) is 14.8. The Morgan fingerprint density at radius 2 is 1.96 bits per heavy atom. The zero-order valence-electron chi connectivity index (χ0n) is 14.8. The second kappa shape index (κ2) is 7.22. The van der Waals surface area contributed by atoms with Crippen molar-refractivity contribution in [2.75, 3.05) is 5.32 Å². The Morgan fingerprint density at radius 3 is 2.74 bits per heavy atom. The Balaban J connectivity index is 1.68. The van der Waals surface area contributed by atoms with Gasteiger partial charge in [-0.05, 0) is 41.8 Å². The van der Waals surface area contributed by atoms with Gasteiger partial charge in [-0.1, -0.05) is 36.4 Å². The Hall–Kier alpha value is -3.79. The van der Waals surface area contributed by atoms with Gasteiger partial charge < -0.3 is 5.32 Å². The minimum atomic E-state index is 0.343. The molecule has 0 atom stereocenters. The lowest BCUT2D eigenvalue weighted by Gasteiger charge is -2.07. The summed E-state index contributed by atoms with van der Waals surface area (Å²) in [4.78, 5) is 8.89. The van der Waals surface area contributed by atoms with Crippen molar-refractivity contribution in [3.05, 3.63) is 65.9 Å². The van der Waals surface area contributed by atoms with E-state index in [-0.39, 0.29) is 0 Å². The highest BCUT2D eigenvalue weighted by Crippen LogP contribution is 2.19. The van der Waals surface area contributed by atoms with Gasteiger partial charge in [0, 0.05) is 5.69 Å². The highest BCUT2D eigenvalue weighted by atomic mass is 15.4. The molecule has 0 saturated carbocycles. The Labute approximate surface area is 156 Å². The second-order valence-electron chi connectivity index (χ2n) is 6.08. The lowest BCUT2D eigenvalue weighted by molar-refractivity contribution is 0.816. The lowest BCUT2D eigenvalue weighted by atomic mass is 10.1. The number of fused-ring (bicyclic) bond motifs is 1. The minimum Gasteiger partial charge on any atom is -0.324 e. The number of nitrogens with one attached hydrogen (secondary N) is 1. The summed E-state index contributed by atoms with van der Waals surface area (Å²) in [5.74, 6) is 0.475. The van der Waals surface area contributed by atoms with Crippen LogP contribution in [0.2, 0.25) is 0 Å². The predicted molar refractivity (Wildman–Crippen MR) is 103 cm³/mol. The summed E-state index contributed by atoms with van der Waals surface area (Å²) in [5, 5.41) is 20.4. The van der Waals surface area contributed by atoms with Crippen molar-refractivity contribution < 1.29 is 0 Å². The maximum absolute atomic E-state index is 8.91. The molecule has 0 aliphatic carbocycles. The summed E-state index contributed by atoms with van der Waals surface area (Å²) in [7, 11) is 0. The van der Waals surface area contributed by atoms with E-state index in [2.05, 4.69) is 50.7 Å². The number of aryl methyl sites for hydroxylation is 1. The van der Waals surface area contributed by atoms with E-state index in [4.69, 9.17) is 5.26 Å². The molecule has 27 heavy (non-hydrogen) atoms. The van der Waals surface area contributed by atoms with Crippen molar-refractivity contribution >= 4 is 22.8 Å². The van der Waals surface area contributed by atoms with E-state index < -0.39 is 0 Å². The van der Waals surface area contributed by atoms with E-state index >= 15 is 0 Å². The van der Waals surface area contributed by atoms with Gasteiger partial charge in [0.2, 0.25) is 5.95 Å². The molecular formula is C20H17N7. The second-order valence-corrected chi connectivity index (χ2v) is 6.08. The van der Waals surface area contributed by atoms with Gasteiger partial charge in [0.15, 0.2) is 11.2 Å². The fraction of sp³-hybridized carbons (Fsp3) is 0.150. The molecule has 1 N–H and O–H groups in total. The number of benzene rings is 2. The number of aromatic nitrogens is 5. The van der Waals surface area contributed by atoms with Crippen molar-refractivity contribution in [1.29, 1.82) is 5.26 Å². The third-order valence-corrected chi connectivity index (χ3v) is 4.25. The largest absolute Gasteiger partial charge is 0.324 e. The Bertz CT molecular complexity index is 1120. The Morgan fingerprint density at radius 1 is 1.11 bits per heavy atom. The highest BCUT2D eigenvalue weighted by Gasteiger charge is 2.11. The van der Waals surface area contributed by atoms with Crippen molar-refractivity contribution in [2.24, 2.45) is 0 Å². The molecule has 7 nitrogen and oxygen atoms in total. The van der Waals surface area contributed by atoms with Gasteiger partial charge in [0.25, 0.3) is 0 Å². The van der Waals surface area contributed by atoms with E-state index in [1.54, 1.807) is 10.9 Å². The summed E-state index contributed by atoms with van der Waals surface area (Å²) in [5.41, 5.74) is 5.13. The predicted octanol–water partition coefficient (Wildman–Crippen LogP) is 3.58. The van der Waals surface area contributed by atoms with Gasteiger partial charge in [-0.2, -0.15) is 14.9 Å².